The maximum atomic E-state index is 13.0. The summed E-state index contributed by atoms with van der Waals surface area (Å²) in [5.74, 6) is 0.495. The molecule has 0 aliphatic carbocycles. The molecule has 0 bridgehead atoms. The Balaban J connectivity index is 1.63. The highest BCUT2D eigenvalue weighted by atomic mass is 32.1. The van der Waals surface area contributed by atoms with Gasteiger partial charge < -0.3 is 5.32 Å². The number of fused-ring (bicyclic) bond motifs is 2. The summed E-state index contributed by atoms with van der Waals surface area (Å²) in [6, 6.07) is 19.4. The Kier molecular flexibility index (Phi) is 3.91. The summed E-state index contributed by atoms with van der Waals surface area (Å²) >= 11 is 1.52. The van der Waals surface area contributed by atoms with Gasteiger partial charge in [-0.15, -0.1) is 11.3 Å². The molecule has 0 atom stereocenters. The Labute approximate surface area is 165 Å². The normalized spacial score (nSPS) is 11.2. The van der Waals surface area contributed by atoms with E-state index in [2.05, 4.69) is 10.3 Å². The van der Waals surface area contributed by atoms with Crippen LogP contribution in [0.3, 0.4) is 0 Å². The Morgan fingerprint density at radius 3 is 2.79 bits per heavy atom. The molecule has 0 aliphatic rings. The quantitative estimate of drug-likeness (QED) is 0.467. The Morgan fingerprint density at radius 2 is 1.93 bits per heavy atom. The van der Waals surface area contributed by atoms with Crippen LogP contribution in [0.15, 0.2) is 72.4 Å². The first-order valence-corrected chi connectivity index (χ1v) is 9.76. The van der Waals surface area contributed by atoms with Gasteiger partial charge in [0.15, 0.2) is 0 Å². The second-order valence-electron chi connectivity index (χ2n) is 6.55. The number of benzene rings is 2. The van der Waals surface area contributed by atoms with Gasteiger partial charge in [0.2, 0.25) is 0 Å². The highest BCUT2D eigenvalue weighted by Crippen LogP contribution is 2.30. The van der Waals surface area contributed by atoms with Crippen LogP contribution >= 0.6 is 11.3 Å². The number of carbonyl (C=O) groups is 1. The maximum absolute atomic E-state index is 13.0. The smallest absolute Gasteiger partial charge is 0.256 e. The molecule has 6 heteroatoms. The van der Waals surface area contributed by atoms with Gasteiger partial charge in [-0.1, -0.05) is 36.4 Å². The first-order valence-electron chi connectivity index (χ1n) is 8.88. The fraction of sp³-hybridized carbons (Fsp3) is 0.0455. The third-order valence-corrected chi connectivity index (χ3v) is 5.51. The molecule has 3 heterocycles. The lowest BCUT2D eigenvalue weighted by Crippen LogP contribution is -2.14. The van der Waals surface area contributed by atoms with E-state index >= 15 is 0 Å². The van der Waals surface area contributed by atoms with E-state index in [1.54, 1.807) is 11.6 Å². The van der Waals surface area contributed by atoms with E-state index in [4.69, 9.17) is 4.98 Å². The number of hydrogen-bond acceptors (Lipinski definition) is 4. The molecule has 5 nitrogen and oxygen atoms in total. The number of anilines is 1. The van der Waals surface area contributed by atoms with Crippen molar-refractivity contribution in [1.82, 2.24) is 14.4 Å². The molecule has 1 N–H and O–H groups in total. The standard InChI is InChI=1S/C22H16N4OS/c1-14-6-5-11-26-20(14)24-19(15-7-3-2-4-8-15)21(26)25-22(27)16-9-10-17-18(12-16)28-13-23-17/h2-13H,1H3,(H,25,27). The zero-order valence-electron chi connectivity index (χ0n) is 15.1. The topological polar surface area (TPSA) is 59.3 Å². The van der Waals surface area contributed by atoms with Crippen LogP contribution in [0.4, 0.5) is 5.82 Å². The molecule has 0 aliphatic heterocycles. The van der Waals surface area contributed by atoms with E-state index in [1.165, 1.54) is 11.3 Å². The van der Waals surface area contributed by atoms with Gasteiger partial charge in [0.1, 0.15) is 17.2 Å². The van der Waals surface area contributed by atoms with Crippen LogP contribution in [-0.2, 0) is 0 Å². The van der Waals surface area contributed by atoms with Gasteiger partial charge in [-0.2, -0.15) is 0 Å². The summed E-state index contributed by atoms with van der Waals surface area (Å²) in [4.78, 5) is 22.1. The monoisotopic (exact) mass is 384 g/mol. The van der Waals surface area contributed by atoms with Gasteiger partial charge in [-0.3, -0.25) is 9.20 Å². The molecule has 5 aromatic rings. The number of thiazole rings is 1. The number of imidazole rings is 1. The minimum Gasteiger partial charge on any atom is -0.306 e. The molecule has 0 radical (unpaired) electrons. The molecule has 28 heavy (non-hydrogen) atoms. The predicted molar refractivity (Wildman–Crippen MR) is 113 cm³/mol. The lowest BCUT2D eigenvalue weighted by atomic mass is 10.1. The number of aryl methyl sites for hydroxylation is 1. The summed E-state index contributed by atoms with van der Waals surface area (Å²) in [5, 5.41) is 3.08. The summed E-state index contributed by atoms with van der Waals surface area (Å²) < 4.78 is 2.92. The van der Waals surface area contributed by atoms with Crippen LogP contribution in [0, 0.1) is 6.92 Å². The van der Waals surface area contributed by atoms with Crippen molar-refractivity contribution in [3.63, 3.8) is 0 Å². The van der Waals surface area contributed by atoms with E-state index in [0.29, 0.717) is 11.4 Å². The van der Waals surface area contributed by atoms with E-state index in [0.717, 1.165) is 32.7 Å². The molecule has 5 rings (SSSR count). The van der Waals surface area contributed by atoms with Crippen molar-refractivity contribution in [3.05, 3.63) is 83.5 Å². The van der Waals surface area contributed by atoms with Crippen LogP contribution in [-0.4, -0.2) is 20.3 Å². The Morgan fingerprint density at radius 1 is 1.07 bits per heavy atom. The van der Waals surface area contributed by atoms with Gasteiger partial charge in [-0.25, -0.2) is 9.97 Å². The SMILES string of the molecule is Cc1cccn2c(NC(=O)c3ccc4ncsc4c3)c(-c3ccccc3)nc12. The van der Waals surface area contributed by atoms with Crippen molar-refractivity contribution in [3.8, 4) is 11.3 Å². The number of hydrogen-bond donors (Lipinski definition) is 1. The number of pyridine rings is 1. The molecular formula is C22H16N4OS. The van der Waals surface area contributed by atoms with Gasteiger partial charge in [0.05, 0.1) is 15.7 Å². The molecule has 0 saturated carbocycles. The molecular weight excluding hydrogens is 368 g/mol. The minimum absolute atomic E-state index is 0.171. The molecule has 0 saturated heterocycles. The molecule has 0 unspecified atom stereocenters. The van der Waals surface area contributed by atoms with Crippen molar-refractivity contribution < 1.29 is 4.79 Å². The largest absolute Gasteiger partial charge is 0.306 e. The highest BCUT2D eigenvalue weighted by Gasteiger charge is 2.18. The first-order chi connectivity index (χ1) is 13.7. The van der Waals surface area contributed by atoms with Gasteiger partial charge in [0.25, 0.3) is 5.91 Å². The summed E-state index contributed by atoms with van der Waals surface area (Å²) in [6.45, 7) is 2.01. The average Bonchev–Trinajstić information content (AvgIpc) is 3.34. The van der Waals surface area contributed by atoms with Crippen LogP contribution in [0.5, 0.6) is 0 Å². The van der Waals surface area contributed by atoms with E-state index in [9.17, 15) is 4.79 Å². The molecule has 136 valence electrons. The fourth-order valence-corrected chi connectivity index (χ4v) is 4.01. The Hall–Kier alpha value is -3.51. The molecule has 1 amide bonds. The lowest BCUT2D eigenvalue weighted by molar-refractivity contribution is 0.102. The fourth-order valence-electron chi connectivity index (χ4n) is 3.30. The number of amides is 1. The molecule has 0 fully saturated rings. The second-order valence-corrected chi connectivity index (χ2v) is 7.44. The van der Waals surface area contributed by atoms with Crippen LogP contribution in [0.1, 0.15) is 15.9 Å². The van der Waals surface area contributed by atoms with Crippen LogP contribution < -0.4 is 5.32 Å². The summed E-state index contributed by atoms with van der Waals surface area (Å²) in [6.07, 6.45) is 1.92. The second kappa shape index (κ2) is 6.58. The van der Waals surface area contributed by atoms with Crippen LogP contribution in [0.2, 0.25) is 0 Å². The lowest BCUT2D eigenvalue weighted by Gasteiger charge is -2.08. The zero-order valence-corrected chi connectivity index (χ0v) is 15.9. The Bertz CT molecular complexity index is 1320. The van der Waals surface area contributed by atoms with Crippen molar-refractivity contribution in [1.29, 1.82) is 0 Å². The summed E-state index contributed by atoms with van der Waals surface area (Å²) in [7, 11) is 0. The average molecular weight is 384 g/mol. The van der Waals surface area contributed by atoms with Gasteiger partial charge in [-0.05, 0) is 36.8 Å². The molecule has 0 spiro atoms. The number of rotatable bonds is 3. The summed E-state index contributed by atoms with van der Waals surface area (Å²) in [5.41, 5.74) is 6.87. The number of nitrogens with one attached hydrogen (secondary N) is 1. The van der Waals surface area contributed by atoms with Gasteiger partial charge >= 0.3 is 0 Å². The number of nitrogens with zero attached hydrogens (tertiary/aromatic N) is 3. The van der Waals surface area contributed by atoms with E-state index in [-0.39, 0.29) is 5.91 Å². The van der Waals surface area contributed by atoms with Gasteiger partial charge in [0, 0.05) is 17.3 Å². The highest BCUT2D eigenvalue weighted by molar-refractivity contribution is 7.16. The first kappa shape index (κ1) is 16.6. The van der Waals surface area contributed by atoms with Crippen molar-refractivity contribution >= 4 is 38.9 Å². The minimum atomic E-state index is -0.171. The van der Waals surface area contributed by atoms with Crippen molar-refractivity contribution in [2.45, 2.75) is 6.92 Å². The third-order valence-electron chi connectivity index (χ3n) is 4.72. The zero-order chi connectivity index (χ0) is 19.1. The van der Waals surface area contributed by atoms with E-state index in [1.807, 2.05) is 72.1 Å². The predicted octanol–water partition coefficient (Wildman–Crippen LogP) is 5.17. The van der Waals surface area contributed by atoms with Crippen molar-refractivity contribution in [2.24, 2.45) is 0 Å². The number of aromatic nitrogens is 3. The third kappa shape index (κ3) is 2.75. The van der Waals surface area contributed by atoms with Crippen LogP contribution in [0.25, 0.3) is 27.1 Å². The van der Waals surface area contributed by atoms with Crippen molar-refractivity contribution in [2.75, 3.05) is 5.32 Å². The maximum Gasteiger partial charge on any atom is 0.256 e. The molecule has 3 aromatic heterocycles. The molecule has 2 aromatic carbocycles. The van der Waals surface area contributed by atoms with E-state index < -0.39 is 0 Å². The number of carbonyl (C=O) groups excluding carboxylic acids is 1.